The molecule has 66 valence electrons. The number of rotatable bonds is 4. The molecule has 0 spiro atoms. The van der Waals surface area contributed by atoms with Crippen molar-refractivity contribution in [1.82, 2.24) is 10.2 Å². The zero-order valence-electron chi connectivity index (χ0n) is 6.75. The van der Waals surface area contributed by atoms with Gasteiger partial charge in [0.05, 0.1) is 6.54 Å². The summed E-state index contributed by atoms with van der Waals surface area (Å²) >= 11 is 0. The summed E-state index contributed by atoms with van der Waals surface area (Å²) in [7, 11) is 0. The molecular formula is C7H11N3O2. The zero-order chi connectivity index (χ0) is 8.81. The predicted molar refractivity (Wildman–Crippen MR) is 42.6 cm³/mol. The Balaban J connectivity index is 2.14. The first kappa shape index (κ1) is 8.74. The van der Waals surface area contributed by atoms with E-state index >= 15 is 0 Å². The molecule has 0 unspecified atom stereocenters. The number of nitrogens with zero attached hydrogens (tertiary/aromatic N) is 2. The summed E-state index contributed by atoms with van der Waals surface area (Å²) in [5.74, 6) is 0. The van der Waals surface area contributed by atoms with Crippen molar-refractivity contribution in [2.75, 3.05) is 26.2 Å². The topological polar surface area (TPSA) is 61.8 Å². The van der Waals surface area contributed by atoms with Crippen molar-refractivity contribution in [3.05, 3.63) is 0 Å². The molecule has 0 atom stereocenters. The normalized spacial score (nSPS) is 15.7. The van der Waals surface area contributed by atoms with Gasteiger partial charge in [0.25, 0.3) is 0 Å². The Hall–Kier alpha value is -1.35. The van der Waals surface area contributed by atoms with Crippen LogP contribution in [0.15, 0.2) is 4.99 Å². The van der Waals surface area contributed by atoms with Crippen molar-refractivity contribution in [2.24, 2.45) is 4.99 Å². The highest BCUT2D eigenvalue weighted by Crippen LogP contribution is 1.97. The standard InChI is InChI=1S/C7H11N3O2/c11-6-8-2-1-4-10-5-3-9-7(10)12/h1-5H2,(H,9,12). The van der Waals surface area contributed by atoms with Crippen molar-refractivity contribution in [2.45, 2.75) is 6.42 Å². The van der Waals surface area contributed by atoms with E-state index in [1.807, 2.05) is 0 Å². The van der Waals surface area contributed by atoms with Crippen LogP contribution in [-0.4, -0.2) is 43.2 Å². The lowest BCUT2D eigenvalue weighted by Crippen LogP contribution is -2.29. The number of amides is 2. The largest absolute Gasteiger partial charge is 0.336 e. The molecule has 0 aromatic heterocycles. The minimum atomic E-state index is -0.0231. The highest BCUT2D eigenvalue weighted by molar-refractivity contribution is 5.76. The van der Waals surface area contributed by atoms with Gasteiger partial charge < -0.3 is 10.2 Å². The third kappa shape index (κ3) is 2.36. The highest BCUT2D eigenvalue weighted by atomic mass is 16.2. The number of isocyanates is 1. The number of urea groups is 1. The summed E-state index contributed by atoms with van der Waals surface area (Å²) in [6, 6.07) is -0.0231. The van der Waals surface area contributed by atoms with Crippen LogP contribution < -0.4 is 5.32 Å². The molecule has 1 aliphatic rings. The van der Waals surface area contributed by atoms with Crippen molar-refractivity contribution in [3.63, 3.8) is 0 Å². The molecule has 5 nitrogen and oxygen atoms in total. The minimum absolute atomic E-state index is 0.0231. The lowest BCUT2D eigenvalue weighted by Gasteiger charge is -2.11. The quantitative estimate of drug-likeness (QED) is 0.358. The Morgan fingerprint density at radius 3 is 3.08 bits per heavy atom. The summed E-state index contributed by atoms with van der Waals surface area (Å²) in [6.07, 6.45) is 2.19. The lowest BCUT2D eigenvalue weighted by molar-refractivity contribution is 0.217. The van der Waals surface area contributed by atoms with Gasteiger partial charge >= 0.3 is 6.03 Å². The van der Waals surface area contributed by atoms with Crippen LogP contribution in [0.1, 0.15) is 6.42 Å². The second-order valence-corrected chi connectivity index (χ2v) is 2.55. The number of hydrogen-bond donors (Lipinski definition) is 1. The Morgan fingerprint density at radius 2 is 2.50 bits per heavy atom. The van der Waals surface area contributed by atoms with Gasteiger partial charge in [-0.1, -0.05) is 0 Å². The van der Waals surface area contributed by atoms with Crippen LogP contribution in [0.4, 0.5) is 4.79 Å². The first-order valence-electron chi connectivity index (χ1n) is 3.91. The number of carbonyl (C=O) groups is 1. The van der Waals surface area contributed by atoms with E-state index in [9.17, 15) is 9.59 Å². The van der Waals surface area contributed by atoms with Crippen LogP contribution in [0.5, 0.6) is 0 Å². The molecular weight excluding hydrogens is 158 g/mol. The molecule has 0 saturated carbocycles. The molecule has 0 radical (unpaired) electrons. The van der Waals surface area contributed by atoms with Gasteiger partial charge in [0.2, 0.25) is 6.08 Å². The first-order chi connectivity index (χ1) is 5.84. The van der Waals surface area contributed by atoms with E-state index in [4.69, 9.17) is 0 Å². The van der Waals surface area contributed by atoms with Crippen LogP contribution in [0.25, 0.3) is 0 Å². The SMILES string of the molecule is O=C=NCCCN1CCNC1=O. The van der Waals surface area contributed by atoms with Crippen LogP contribution in [0.3, 0.4) is 0 Å². The summed E-state index contributed by atoms with van der Waals surface area (Å²) < 4.78 is 0. The molecule has 1 rings (SSSR count). The van der Waals surface area contributed by atoms with Crippen LogP contribution in [0, 0.1) is 0 Å². The fourth-order valence-electron chi connectivity index (χ4n) is 1.11. The van der Waals surface area contributed by atoms with E-state index in [0.717, 1.165) is 19.5 Å². The number of carbonyl (C=O) groups excluding carboxylic acids is 2. The van der Waals surface area contributed by atoms with Gasteiger partial charge in [-0.15, -0.1) is 0 Å². The summed E-state index contributed by atoms with van der Waals surface area (Å²) in [5.41, 5.74) is 0. The van der Waals surface area contributed by atoms with Gasteiger partial charge in [0, 0.05) is 19.6 Å². The van der Waals surface area contributed by atoms with Crippen molar-refractivity contribution >= 4 is 12.1 Å². The second-order valence-electron chi connectivity index (χ2n) is 2.55. The van der Waals surface area contributed by atoms with Crippen molar-refractivity contribution in [3.8, 4) is 0 Å². The lowest BCUT2D eigenvalue weighted by atomic mass is 10.4. The highest BCUT2D eigenvalue weighted by Gasteiger charge is 2.17. The zero-order valence-corrected chi connectivity index (χ0v) is 6.75. The van der Waals surface area contributed by atoms with E-state index in [1.54, 1.807) is 4.90 Å². The Morgan fingerprint density at radius 1 is 1.67 bits per heavy atom. The van der Waals surface area contributed by atoms with Gasteiger partial charge in [0.1, 0.15) is 0 Å². The van der Waals surface area contributed by atoms with Gasteiger partial charge in [0.15, 0.2) is 0 Å². The van der Waals surface area contributed by atoms with Crippen LogP contribution in [-0.2, 0) is 4.79 Å². The minimum Gasteiger partial charge on any atom is -0.336 e. The summed E-state index contributed by atoms with van der Waals surface area (Å²) in [5, 5.41) is 2.69. The molecule has 0 bridgehead atoms. The fraction of sp³-hybridized carbons (Fsp3) is 0.714. The number of hydrogen-bond acceptors (Lipinski definition) is 3. The fourth-order valence-corrected chi connectivity index (χ4v) is 1.11. The smallest absolute Gasteiger partial charge is 0.317 e. The Labute approximate surface area is 70.5 Å². The maximum absolute atomic E-state index is 10.9. The van der Waals surface area contributed by atoms with Crippen LogP contribution in [0.2, 0.25) is 0 Å². The summed E-state index contributed by atoms with van der Waals surface area (Å²) in [4.78, 5) is 25.7. The third-order valence-corrected chi connectivity index (χ3v) is 1.71. The average molecular weight is 169 g/mol. The van der Waals surface area contributed by atoms with Gasteiger partial charge in [-0.2, -0.15) is 0 Å². The molecule has 1 saturated heterocycles. The van der Waals surface area contributed by atoms with E-state index in [2.05, 4.69) is 10.3 Å². The van der Waals surface area contributed by atoms with Crippen LogP contribution >= 0.6 is 0 Å². The monoisotopic (exact) mass is 169 g/mol. The molecule has 1 aliphatic heterocycles. The van der Waals surface area contributed by atoms with E-state index in [0.29, 0.717) is 13.1 Å². The number of nitrogens with one attached hydrogen (secondary N) is 1. The molecule has 1 N–H and O–H groups in total. The van der Waals surface area contributed by atoms with E-state index in [1.165, 1.54) is 6.08 Å². The van der Waals surface area contributed by atoms with Gasteiger partial charge in [-0.25, -0.2) is 14.6 Å². The van der Waals surface area contributed by atoms with Crippen molar-refractivity contribution in [1.29, 1.82) is 0 Å². The first-order valence-corrected chi connectivity index (χ1v) is 3.91. The third-order valence-electron chi connectivity index (χ3n) is 1.71. The van der Waals surface area contributed by atoms with Gasteiger partial charge in [-0.05, 0) is 6.42 Å². The molecule has 0 aliphatic carbocycles. The molecule has 12 heavy (non-hydrogen) atoms. The molecule has 2 amide bonds. The molecule has 1 fully saturated rings. The number of aliphatic imine (C=N–C) groups is 1. The predicted octanol–water partition coefficient (Wildman–Crippen LogP) is -0.262. The van der Waals surface area contributed by atoms with Crippen molar-refractivity contribution < 1.29 is 9.59 Å². The summed E-state index contributed by atoms with van der Waals surface area (Å²) in [6.45, 7) is 2.59. The maximum Gasteiger partial charge on any atom is 0.317 e. The molecule has 0 aromatic rings. The van der Waals surface area contributed by atoms with E-state index in [-0.39, 0.29) is 6.03 Å². The average Bonchev–Trinajstić information content (AvgIpc) is 2.46. The Bertz CT molecular complexity index is 211. The Kier molecular flexibility index (Phi) is 3.29. The maximum atomic E-state index is 10.9. The van der Waals surface area contributed by atoms with Gasteiger partial charge in [-0.3, -0.25) is 0 Å². The second kappa shape index (κ2) is 4.51. The molecule has 5 heteroatoms. The van der Waals surface area contributed by atoms with E-state index < -0.39 is 0 Å². The molecule has 1 heterocycles. The molecule has 0 aromatic carbocycles.